The van der Waals surface area contributed by atoms with Crippen LogP contribution in [-0.2, 0) is 14.8 Å². The largest absolute Gasteiger partial charge is 0.484 e. The molecule has 1 aromatic heterocycles. The van der Waals surface area contributed by atoms with Crippen molar-refractivity contribution in [2.24, 2.45) is 0 Å². The second-order valence-corrected chi connectivity index (χ2v) is 8.27. The summed E-state index contributed by atoms with van der Waals surface area (Å²) in [7, 11) is -3.73. The van der Waals surface area contributed by atoms with Gasteiger partial charge in [0.25, 0.3) is 15.9 Å². The molecule has 0 bridgehead atoms. The van der Waals surface area contributed by atoms with Crippen LogP contribution in [0.25, 0.3) is 0 Å². The number of nitrogens with zero attached hydrogens (tertiary/aromatic N) is 1. The minimum atomic E-state index is -3.73. The first kappa shape index (κ1) is 19.2. The first-order valence-corrected chi connectivity index (χ1v) is 10.4. The molecule has 0 atom stereocenters. The molecule has 0 fully saturated rings. The lowest BCUT2D eigenvalue weighted by atomic mass is 10.3. The number of hydrogen-bond donors (Lipinski definition) is 2. The zero-order valence-electron chi connectivity index (χ0n) is 13.8. The number of benzene rings is 2. The van der Waals surface area contributed by atoms with E-state index in [1.807, 2.05) is 0 Å². The van der Waals surface area contributed by atoms with Gasteiger partial charge in [-0.15, -0.1) is 11.3 Å². The Morgan fingerprint density at radius 3 is 2.44 bits per heavy atom. The molecule has 2 N–H and O–H groups in total. The smallest absolute Gasteiger partial charge is 0.263 e. The van der Waals surface area contributed by atoms with Gasteiger partial charge in [-0.05, 0) is 48.5 Å². The van der Waals surface area contributed by atoms with Crippen molar-refractivity contribution in [2.75, 3.05) is 16.6 Å². The molecule has 10 heteroatoms. The molecule has 1 heterocycles. The molecule has 1 amide bonds. The van der Waals surface area contributed by atoms with Crippen molar-refractivity contribution in [3.63, 3.8) is 0 Å². The highest BCUT2D eigenvalue weighted by molar-refractivity contribution is 7.93. The molecule has 0 aliphatic carbocycles. The van der Waals surface area contributed by atoms with Crippen LogP contribution in [0.15, 0.2) is 65.0 Å². The van der Waals surface area contributed by atoms with E-state index < -0.39 is 10.0 Å². The lowest BCUT2D eigenvalue weighted by Gasteiger charge is -2.09. The molecule has 27 heavy (non-hydrogen) atoms. The first-order valence-electron chi connectivity index (χ1n) is 7.63. The third kappa shape index (κ3) is 5.43. The molecule has 0 saturated carbocycles. The van der Waals surface area contributed by atoms with Crippen LogP contribution in [0.5, 0.6) is 5.75 Å². The standard InChI is InChI=1S/C17H14ClN3O4S2/c18-12-1-5-14(6-2-12)25-11-16(22)20-13-3-7-15(8-4-13)27(23,24)21-17-19-9-10-26-17/h1-10H,11H2,(H,19,21)(H,20,22). The third-order valence-electron chi connectivity index (χ3n) is 3.29. The maximum Gasteiger partial charge on any atom is 0.263 e. The second-order valence-electron chi connectivity index (χ2n) is 5.26. The number of amides is 1. The van der Waals surface area contributed by atoms with Gasteiger partial charge in [0, 0.05) is 22.3 Å². The number of sulfonamides is 1. The molecule has 0 spiro atoms. The Hall–Kier alpha value is -2.62. The monoisotopic (exact) mass is 423 g/mol. The zero-order valence-corrected chi connectivity index (χ0v) is 16.1. The molecule has 0 saturated heterocycles. The van der Waals surface area contributed by atoms with E-state index in [-0.39, 0.29) is 22.5 Å². The Bertz CT molecular complexity index is 1010. The van der Waals surface area contributed by atoms with Crippen LogP contribution in [0.4, 0.5) is 10.8 Å². The van der Waals surface area contributed by atoms with Gasteiger partial charge in [-0.2, -0.15) is 0 Å². The fraction of sp³-hybridized carbons (Fsp3) is 0.0588. The highest BCUT2D eigenvalue weighted by Gasteiger charge is 2.15. The summed E-state index contributed by atoms with van der Waals surface area (Å²) in [6, 6.07) is 12.4. The molecule has 2 aromatic carbocycles. The van der Waals surface area contributed by atoms with Gasteiger partial charge in [0.15, 0.2) is 11.7 Å². The number of ether oxygens (including phenoxy) is 1. The number of nitrogens with one attached hydrogen (secondary N) is 2. The minimum Gasteiger partial charge on any atom is -0.484 e. The van der Waals surface area contributed by atoms with Gasteiger partial charge in [0.1, 0.15) is 5.75 Å². The van der Waals surface area contributed by atoms with Gasteiger partial charge in [-0.1, -0.05) is 11.6 Å². The van der Waals surface area contributed by atoms with Crippen LogP contribution < -0.4 is 14.8 Å². The number of rotatable bonds is 7. The van der Waals surface area contributed by atoms with E-state index in [2.05, 4.69) is 15.0 Å². The highest BCUT2D eigenvalue weighted by atomic mass is 35.5. The topological polar surface area (TPSA) is 97.4 Å². The average Bonchev–Trinajstić information content (AvgIpc) is 3.14. The molecule has 0 unspecified atom stereocenters. The molecule has 3 aromatic rings. The number of carbonyl (C=O) groups is 1. The van der Waals surface area contributed by atoms with Crippen LogP contribution >= 0.6 is 22.9 Å². The molecule has 0 radical (unpaired) electrons. The quantitative estimate of drug-likeness (QED) is 0.605. The number of thiazole rings is 1. The number of aromatic nitrogens is 1. The second kappa shape index (κ2) is 8.38. The van der Waals surface area contributed by atoms with Gasteiger partial charge in [-0.3, -0.25) is 9.52 Å². The molecule has 3 rings (SSSR count). The Morgan fingerprint density at radius 1 is 1.11 bits per heavy atom. The van der Waals surface area contributed by atoms with Gasteiger partial charge >= 0.3 is 0 Å². The van der Waals surface area contributed by atoms with Gasteiger partial charge in [-0.25, -0.2) is 13.4 Å². The minimum absolute atomic E-state index is 0.0631. The molecule has 140 valence electrons. The summed E-state index contributed by atoms with van der Waals surface area (Å²) in [5.74, 6) is 0.144. The van der Waals surface area contributed by atoms with Gasteiger partial charge < -0.3 is 10.1 Å². The maximum absolute atomic E-state index is 12.3. The van der Waals surface area contributed by atoms with Crippen LogP contribution in [0.3, 0.4) is 0 Å². The van der Waals surface area contributed by atoms with Crippen molar-refractivity contribution in [1.82, 2.24) is 4.98 Å². The van der Waals surface area contributed by atoms with E-state index in [1.165, 1.54) is 41.8 Å². The van der Waals surface area contributed by atoms with Crippen LogP contribution in [0, 0.1) is 0 Å². The van der Waals surface area contributed by atoms with Crippen molar-refractivity contribution in [3.8, 4) is 5.75 Å². The summed E-state index contributed by atoms with van der Waals surface area (Å²) in [5, 5.41) is 5.16. The number of anilines is 2. The lowest BCUT2D eigenvalue weighted by molar-refractivity contribution is -0.118. The molecule has 0 aliphatic rings. The third-order valence-corrected chi connectivity index (χ3v) is 5.71. The van der Waals surface area contributed by atoms with E-state index >= 15 is 0 Å². The fourth-order valence-corrected chi connectivity index (χ4v) is 3.96. The Balaban J connectivity index is 1.56. The predicted octanol–water partition coefficient (Wildman–Crippen LogP) is 3.61. The van der Waals surface area contributed by atoms with E-state index in [1.54, 1.807) is 29.6 Å². The average molecular weight is 424 g/mol. The Kier molecular flexibility index (Phi) is 5.94. The number of halogens is 1. The summed E-state index contributed by atoms with van der Waals surface area (Å²) in [6.45, 7) is -0.187. The summed E-state index contributed by atoms with van der Waals surface area (Å²) in [6.07, 6.45) is 1.51. The zero-order chi connectivity index (χ0) is 19.3. The summed E-state index contributed by atoms with van der Waals surface area (Å²) >= 11 is 6.96. The predicted molar refractivity (Wildman–Crippen MR) is 105 cm³/mol. The van der Waals surface area contributed by atoms with Crippen molar-refractivity contribution in [3.05, 3.63) is 65.1 Å². The molecule has 0 aliphatic heterocycles. The summed E-state index contributed by atoms with van der Waals surface area (Å²) in [4.78, 5) is 15.9. The Morgan fingerprint density at radius 2 is 1.81 bits per heavy atom. The van der Waals surface area contributed by atoms with Gasteiger partial charge in [0.05, 0.1) is 4.90 Å². The van der Waals surface area contributed by atoms with Crippen molar-refractivity contribution >= 4 is 49.7 Å². The Labute approximate surface area is 165 Å². The van der Waals surface area contributed by atoms with E-state index in [4.69, 9.17) is 16.3 Å². The van der Waals surface area contributed by atoms with E-state index in [9.17, 15) is 13.2 Å². The molecule has 7 nitrogen and oxygen atoms in total. The van der Waals surface area contributed by atoms with Crippen LogP contribution in [0.1, 0.15) is 0 Å². The van der Waals surface area contributed by atoms with Crippen LogP contribution in [-0.4, -0.2) is 25.9 Å². The van der Waals surface area contributed by atoms with Gasteiger partial charge in [0.2, 0.25) is 0 Å². The highest BCUT2D eigenvalue weighted by Crippen LogP contribution is 2.20. The normalized spacial score (nSPS) is 11.0. The summed E-state index contributed by atoms with van der Waals surface area (Å²) < 4.78 is 32.2. The molecular weight excluding hydrogens is 410 g/mol. The number of carbonyl (C=O) groups excluding carboxylic acids is 1. The SMILES string of the molecule is O=C(COc1ccc(Cl)cc1)Nc1ccc(S(=O)(=O)Nc2nccs2)cc1. The van der Waals surface area contributed by atoms with E-state index in [0.717, 1.165) is 0 Å². The van der Waals surface area contributed by atoms with Crippen molar-refractivity contribution in [2.45, 2.75) is 4.90 Å². The first-order chi connectivity index (χ1) is 12.9. The number of hydrogen-bond acceptors (Lipinski definition) is 6. The maximum atomic E-state index is 12.3. The van der Waals surface area contributed by atoms with Crippen molar-refractivity contribution < 1.29 is 17.9 Å². The fourth-order valence-electron chi connectivity index (χ4n) is 2.04. The lowest BCUT2D eigenvalue weighted by Crippen LogP contribution is -2.20. The molecular formula is C17H14ClN3O4S2. The van der Waals surface area contributed by atoms with Crippen molar-refractivity contribution in [1.29, 1.82) is 0 Å². The summed E-state index contributed by atoms with van der Waals surface area (Å²) in [5.41, 5.74) is 0.452. The van der Waals surface area contributed by atoms with Crippen LogP contribution in [0.2, 0.25) is 5.02 Å². The van der Waals surface area contributed by atoms with E-state index in [0.29, 0.717) is 16.5 Å².